The van der Waals surface area contributed by atoms with E-state index in [0.717, 1.165) is 11.0 Å². The highest BCUT2D eigenvalue weighted by Crippen LogP contribution is 2.14. The summed E-state index contributed by atoms with van der Waals surface area (Å²) in [5.41, 5.74) is 7.57. The Bertz CT molecular complexity index is 612. The summed E-state index contributed by atoms with van der Waals surface area (Å²) in [6, 6.07) is 9.67. The van der Waals surface area contributed by atoms with Crippen LogP contribution in [0.4, 0.5) is 5.82 Å². The fourth-order valence-corrected chi connectivity index (χ4v) is 1.56. The summed E-state index contributed by atoms with van der Waals surface area (Å²) in [5.74, 6) is 1.14. The Hall–Kier alpha value is -2.10. The van der Waals surface area contributed by atoms with Gasteiger partial charge in [0.15, 0.2) is 0 Å². The van der Waals surface area contributed by atoms with Crippen LogP contribution in [-0.4, -0.2) is 14.4 Å². The summed E-state index contributed by atoms with van der Waals surface area (Å²) in [6.45, 7) is 0. The van der Waals surface area contributed by atoms with Gasteiger partial charge >= 0.3 is 0 Å². The fraction of sp³-hybridized carbons (Fsp3) is 0. The summed E-state index contributed by atoms with van der Waals surface area (Å²) >= 11 is 0. The third-order valence-corrected chi connectivity index (χ3v) is 2.20. The maximum atomic E-state index is 5.58. The van der Waals surface area contributed by atoms with E-state index in [-0.39, 0.29) is 0 Å². The molecule has 0 spiro atoms. The molecule has 1 aromatic carbocycles. The molecule has 0 saturated carbocycles. The number of anilines is 1. The van der Waals surface area contributed by atoms with Gasteiger partial charge in [-0.25, -0.2) is 4.98 Å². The van der Waals surface area contributed by atoms with Crippen LogP contribution in [0, 0.1) is 0 Å². The molecule has 0 unspecified atom stereocenters. The van der Waals surface area contributed by atoms with E-state index in [1.165, 1.54) is 0 Å². The van der Waals surface area contributed by atoms with Gasteiger partial charge in [0.25, 0.3) is 0 Å². The van der Waals surface area contributed by atoms with Crippen molar-refractivity contribution < 1.29 is 0 Å². The van der Waals surface area contributed by atoms with Gasteiger partial charge in [-0.15, -0.1) is 0 Å². The molecule has 0 fully saturated rings. The molecule has 2 heterocycles. The van der Waals surface area contributed by atoms with Crippen LogP contribution >= 0.6 is 0 Å². The molecule has 2 N–H and O–H groups in total. The number of hydrogen-bond acceptors (Lipinski definition) is 3. The van der Waals surface area contributed by atoms with Crippen LogP contribution in [-0.2, 0) is 0 Å². The maximum absolute atomic E-state index is 5.58. The Morgan fingerprint density at radius 2 is 1.93 bits per heavy atom. The first-order valence-corrected chi connectivity index (χ1v) is 4.34. The van der Waals surface area contributed by atoms with E-state index in [0.29, 0.717) is 11.6 Å². The van der Waals surface area contributed by atoms with Gasteiger partial charge in [0.05, 0.1) is 11.0 Å². The van der Waals surface area contributed by atoms with Crippen LogP contribution in [0.2, 0.25) is 0 Å². The van der Waals surface area contributed by atoms with Gasteiger partial charge in [-0.1, -0.05) is 12.1 Å². The van der Waals surface area contributed by atoms with Crippen molar-refractivity contribution >= 4 is 22.6 Å². The topological polar surface area (TPSA) is 56.2 Å². The molecular formula is C10H8N4. The normalized spacial score (nSPS) is 11.1. The predicted molar refractivity (Wildman–Crippen MR) is 54.9 cm³/mol. The third kappa shape index (κ3) is 0.877. The van der Waals surface area contributed by atoms with Crippen molar-refractivity contribution in [2.24, 2.45) is 0 Å². The minimum absolute atomic E-state index is 0.493. The van der Waals surface area contributed by atoms with Gasteiger partial charge in [0, 0.05) is 6.20 Å². The van der Waals surface area contributed by atoms with Crippen molar-refractivity contribution in [3.05, 3.63) is 36.5 Å². The molecule has 4 nitrogen and oxygen atoms in total. The molecule has 3 aromatic rings. The van der Waals surface area contributed by atoms with Crippen LogP contribution in [0.25, 0.3) is 16.8 Å². The number of nitrogens with two attached hydrogens (primary N) is 1. The quantitative estimate of drug-likeness (QED) is 0.575. The molecule has 0 atom stereocenters. The first-order valence-electron chi connectivity index (χ1n) is 4.34. The number of imidazole rings is 1. The number of nitrogens with zero attached hydrogens (tertiary/aromatic N) is 3. The first-order chi connectivity index (χ1) is 6.84. The number of rotatable bonds is 0. The van der Waals surface area contributed by atoms with Crippen LogP contribution in [0.1, 0.15) is 0 Å². The van der Waals surface area contributed by atoms with Crippen LogP contribution < -0.4 is 5.73 Å². The molecule has 68 valence electrons. The molecule has 0 aliphatic rings. The van der Waals surface area contributed by atoms with E-state index >= 15 is 0 Å². The molecular weight excluding hydrogens is 176 g/mol. The lowest BCUT2D eigenvalue weighted by Crippen LogP contribution is -1.93. The van der Waals surface area contributed by atoms with Gasteiger partial charge in [-0.3, -0.25) is 4.40 Å². The molecule has 0 amide bonds. The van der Waals surface area contributed by atoms with Crippen molar-refractivity contribution in [3.8, 4) is 0 Å². The summed E-state index contributed by atoms with van der Waals surface area (Å²) in [5, 5.41) is 0. The molecule has 0 bridgehead atoms. The highest BCUT2D eigenvalue weighted by Gasteiger charge is 2.03. The molecule has 0 saturated heterocycles. The second-order valence-corrected chi connectivity index (χ2v) is 3.12. The second kappa shape index (κ2) is 2.45. The molecule has 0 radical (unpaired) electrons. The SMILES string of the molecule is Nc1ccn2c(n1)nc1ccccc12. The monoisotopic (exact) mass is 184 g/mol. The van der Waals surface area contributed by atoms with Crippen molar-refractivity contribution in [2.75, 3.05) is 5.73 Å². The molecule has 0 aliphatic carbocycles. The van der Waals surface area contributed by atoms with Gasteiger partial charge < -0.3 is 5.73 Å². The molecule has 3 rings (SSSR count). The molecule has 2 aromatic heterocycles. The largest absolute Gasteiger partial charge is 0.384 e. The van der Waals surface area contributed by atoms with Gasteiger partial charge in [0.2, 0.25) is 5.78 Å². The number of benzene rings is 1. The Labute approximate surface area is 80.0 Å². The van der Waals surface area contributed by atoms with Crippen LogP contribution in [0.3, 0.4) is 0 Å². The number of para-hydroxylation sites is 2. The Morgan fingerprint density at radius 3 is 2.86 bits per heavy atom. The average molecular weight is 184 g/mol. The smallest absolute Gasteiger partial charge is 0.236 e. The zero-order valence-corrected chi connectivity index (χ0v) is 7.38. The zero-order chi connectivity index (χ0) is 9.54. The summed E-state index contributed by atoms with van der Waals surface area (Å²) in [7, 11) is 0. The van der Waals surface area contributed by atoms with Gasteiger partial charge in [0.1, 0.15) is 5.82 Å². The summed E-state index contributed by atoms with van der Waals surface area (Å²) in [4.78, 5) is 8.49. The van der Waals surface area contributed by atoms with Gasteiger partial charge in [-0.2, -0.15) is 4.98 Å². The number of nitrogen functional groups attached to an aromatic ring is 1. The minimum Gasteiger partial charge on any atom is -0.384 e. The Balaban J connectivity index is 2.57. The number of hydrogen-bond donors (Lipinski definition) is 1. The summed E-state index contributed by atoms with van der Waals surface area (Å²) < 4.78 is 1.92. The van der Waals surface area contributed by atoms with Crippen molar-refractivity contribution in [3.63, 3.8) is 0 Å². The highest BCUT2D eigenvalue weighted by molar-refractivity contribution is 5.79. The molecule has 0 aliphatic heterocycles. The molecule has 14 heavy (non-hydrogen) atoms. The van der Waals surface area contributed by atoms with Crippen LogP contribution in [0.5, 0.6) is 0 Å². The van der Waals surface area contributed by atoms with E-state index in [1.807, 2.05) is 34.9 Å². The lowest BCUT2D eigenvalue weighted by atomic mass is 10.3. The maximum Gasteiger partial charge on any atom is 0.236 e. The van der Waals surface area contributed by atoms with E-state index in [1.54, 1.807) is 6.07 Å². The highest BCUT2D eigenvalue weighted by atomic mass is 15.1. The number of aromatic nitrogens is 3. The lowest BCUT2D eigenvalue weighted by molar-refractivity contribution is 1.14. The van der Waals surface area contributed by atoms with Crippen LogP contribution in [0.15, 0.2) is 36.5 Å². The minimum atomic E-state index is 0.493. The average Bonchev–Trinajstić information content (AvgIpc) is 2.54. The first kappa shape index (κ1) is 7.32. The Morgan fingerprint density at radius 1 is 1.07 bits per heavy atom. The lowest BCUT2D eigenvalue weighted by Gasteiger charge is -1.94. The predicted octanol–water partition coefficient (Wildman–Crippen LogP) is 1.46. The second-order valence-electron chi connectivity index (χ2n) is 3.12. The van der Waals surface area contributed by atoms with E-state index in [4.69, 9.17) is 5.73 Å². The fourth-order valence-electron chi connectivity index (χ4n) is 1.56. The molecule has 4 heteroatoms. The Kier molecular flexibility index (Phi) is 1.28. The van der Waals surface area contributed by atoms with Crippen molar-refractivity contribution in [1.82, 2.24) is 14.4 Å². The van der Waals surface area contributed by atoms with E-state index in [2.05, 4.69) is 9.97 Å². The standard InChI is InChI=1S/C10H8N4/c11-9-5-6-14-8-4-2-1-3-7(8)12-10(14)13-9/h1-6H,(H2,11,12,13). The third-order valence-electron chi connectivity index (χ3n) is 2.20. The zero-order valence-electron chi connectivity index (χ0n) is 7.38. The van der Waals surface area contributed by atoms with Crippen molar-refractivity contribution in [1.29, 1.82) is 0 Å². The van der Waals surface area contributed by atoms with Crippen molar-refractivity contribution in [2.45, 2.75) is 0 Å². The van der Waals surface area contributed by atoms with E-state index < -0.39 is 0 Å². The van der Waals surface area contributed by atoms with E-state index in [9.17, 15) is 0 Å². The summed E-state index contributed by atoms with van der Waals surface area (Å²) in [6.07, 6.45) is 1.88. The number of fused-ring (bicyclic) bond motifs is 3. The van der Waals surface area contributed by atoms with Gasteiger partial charge in [-0.05, 0) is 18.2 Å².